The summed E-state index contributed by atoms with van der Waals surface area (Å²) in [6.45, 7) is 0.214. The van der Waals surface area contributed by atoms with Gasteiger partial charge in [-0.15, -0.1) is 11.8 Å². The second-order valence-electron chi connectivity index (χ2n) is 6.16. The fraction of sp³-hybridized carbons (Fsp3) is 0.143. The molecule has 4 rings (SSSR count). The smallest absolute Gasteiger partial charge is 0.150 e. The number of nitrogens with zero attached hydrogens (tertiary/aromatic N) is 3. The van der Waals surface area contributed by atoms with Crippen molar-refractivity contribution < 1.29 is 5.11 Å². The van der Waals surface area contributed by atoms with Crippen LogP contribution in [0.4, 0.5) is 5.82 Å². The molecular weight excluding hydrogens is 356 g/mol. The van der Waals surface area contributed by atoms with Crippen molar-refractivity contribution in [3.8, 4) is 16.8 Å². The number of hydrogen-bond acceptors (Lipinski definition) is 5. The Balaban J connectivity index is 1.84. The lowest BCUT2D eigenvalue weighted by Gasteiger charge is -2.07. The molecule has 4 aromatic rings. The second-order valence-corrected chi connectivity index (χ2v) is 7.33. The first-order chi connectivity index (χ1) is 13.3. The molecule has 0 amide bonds. The van der Waals surface area contributed by atoms with Gasteiger partial charge in [0.2, 0.25) is 0 Å². The van der Waals surface area contributed by atoms with Crippen LogP contribution in [0.2, 0.25) is 0 Å². The molecule has 27 heavy (non-hydrogen) atoms. The number of aliphatic hydroxyl groups is 1. The van der Waals surface area contributed by atoms with Gasteiger partial charge in [-0.25, -0.2) is 9.97 Å². The summed E-state index contributed by atoms with van der Waals surface area (Å²) < 4.78 is 2.06. The predicted octanol–water partition coefficient (Wildman–Crippen LogP) is 4.14. The van der Waals surface area contributed by atoms with Gasteiger partial charge in [-0.2, -0.15) is 0 Å². The highest BCUT2D eigenvalue weighted by Crippen LogP contribution is 2.34. The highest BCUT2D eigenvalue weighted by molar-refractivity contribution is 7.99. The Hall–Kier alpha value is -2.83. The van der Waals surface area contributed by atoms with E-state index in [1.54, 1.807) is 11.8 Å². The van der Waals surface area contributed by atoms with Crippen LogP contribution in [0.25, 0.3) is 27.8 Å². The van der Waals surface area contributed by atoms with Crippen LogP contribution < -0.4 is 5.73 Å². The van der Waals surface area contributed by atoms with Crippen molar-refractivity contribution in [3.05, 3.63) is 67.1 Å². The normalized spacial score (nSPS) is 11.1. The fourth-order valence-electron chi connectivity index (χ4n) is 3.10. The van der Waals surface area contributed by atoms with E-state index in [0.717, 1.165) is 44.9 Å². The number of thioether (sulfide) groups is 1. The molecule has 136 valence electrons. The number of fused-ring (bicyclic) bond motifs is 1. The van der Waals surface area contributed by atoms with E-state index in [-0.39, 0.29) is 6.61 Å². The number of hydrogen-bond donors (Lipinski definition) is 2. The number of benzene rings is 2. The van der Waals surface area contributed by atoms with Gasteiger partial charge in [-0.05, 0) is 30.2 Å². The molecule has 6 heteroatoms. The topological polar surface area (TPSA) is 77.0 Å². The molecule has 0 fully saturated rings. The molecule has 5 nitrogen and oxygen atoms in total. The molecule has 0 saturated carbocycles. The molecule has 0 atom stereocenters. The maximum absolute atomic E-state index is 8.99. The number of aromatic nitrogens is 3. The molecular formula is C21H20N4OS. The molecule has 2 heterocycles. The van der Waals surface area contributed by atoms with Gasteiger partial charge < -0.3 is 15.4 Å². The minimum Gasteiger partial charge on any atom is -0.396 e. The Bertz CT molecular complexity index is 1060. The van der Waals surface area contributed by atoms with E-state index >= 15 is 0 Å². The monoisotopic (exact) mass is 376 g/mol. The van der Waals surface area contributed by atoms with E-state index in [1.165, 1.54) is 6.33 Å². The van der Waals surface area contributed by atoms with Gasteiger partial charge in [-0.1, -0.05) is 36.4 Å². The van der Waals surface area contributed by atoms with Crippen LogP contribution in [0.3, 0.4) is 0 Å². The van der Waals surface area contributed by atoms with Crippen LogP contribution in [0.15, 0.2) is 72.0 Å². The summed E-state index contributed by atoms with van der Waals surface area (Å²) in [5.74, 6) is 1.36. The second kappa shape index (κ2) is 7.82. The van der Waals surface area contributed by atoms with Gasteiger partial charge in [-0.3, -0.25) is 0 Å². The van der Waals surface area contributed by atoms with Gasteiger partial charge >= 0.3 is 0 Å². The van der Waals surface area contributed by atoms with Crippen molar-refractivity contribution in [2.45, 2.75) is 11.3 Å². The summed E-state index contributed by atoms with van der Waals surface area (Å²) >= 11 is 1.73. The summed E-state index contributed by atoms with van der Waals surface area (Å²) in [6, 6.07) is 18.5. The van der Waals surface area contributed by atoms with Crippen molar-refractivity contribution in [1.29, 1.82) is 0 Å². The van der Waals surface area contributed by atoms with Crippen molar-refractivity contribution >= 4 is 28.6 Å². The number of nitrogens with two attached hydrogens (primary N) is 1. The van der Waals surface area contributed by atoms with Crippen LogP contribution in [0.5, 0.6) is 0 Å². The Morgan fingerprint density at radius 1 is 1.04 bits per heavy atom. The lowest BCUT2D eigenvalue weighted by molar-refractivity contribution is 0.296. The third-order valence-corrected chi connectivity index (χ3v) is 5.44. The molecule has 0 aliphatic carbocycles. The Kier molecular flexibility index (Phi) is 5.09. The minimum absolute atomic E-state index is 0.214. The quantitative estimate of drug-likeness (QED) is 0.391. The first kappa shape index (κ1) is 17.6. The fourth-order valence-corrected chi connectivity index (χ4v) is 3.98. The van der Waals surface area contributed by atoms with E-state index in [1.807, 2.05) is 24.3 Å². The largest absolute Gasteiger partial charge is 0.396 e. The van der Waals surface area contributed by atoms with E-state index in [4.69, 9.17) is 10.8 Å². The maximum Gasteiger partial charge on any atom is 0.150 e. The summed E-state index contributed by atoms with van der Waals surface area (Å²) in [6.07, 6.45) is 4.36. The van der Waals surface area contributed by atoms with Gasteiger partial charge in [0.25, 0.3) is 0 Å². The number of anilines is 1. The Morgan fingerprint density at radius 3 is 2.70 bits per heavy atom. The third-order valence-electron chi connectivity index (χ3n) is 4.36. The number of nitrogen functional groups attached to an aromatic ring is 1. The molecule has 0 aliphatic rings. The summed E-state index contributed by atoms with van der Waals surface area (Å²) in [5, 5.41) is 9.85. The summed E-state index contributed by atoms with van der Waals surface area (Å²) in [4.78, 5) is 9.85. The Morgan fingerprint density at radius 2 is 1.89 bits per heavy atom. The van der Waals surface area contributed by atoms with Crippen LogP contribution in [-0.2, 0) is 0 Å². The van der Waals surface area contributed by atoms with Crippen molar-refractivity contribution in [2.75, 3.05) is 18.1 Å². The molecule has 0 bridgehead atoms. The van der Waals surface area contributed by atoms with Crippen LogP contribution in [-0.4, -0.2) is 32.0 Å². The van der Waals surface area contributed by atoms with Crippen molar-refractivity contribution in [1.82, 2.24) is 14.5 Å². The predicted molar refractivity (Wildman–Crippen MR) is 111 cm³/mol. The van der Waals surface area contributed by atoms with Gasteiger partial charge in [0, 0.05) is 34.7 Å². The summed E-state index contributed by atoms with van der Waals surface area (Å²) in [7, 11) is 0. The van der Waals surface area contributed by atoms with E-state index in [9.17, 15) is 0 Å². The molecule has 3 N–H and O–H groups in total. The van der Waals surface area contributed by atoms with Gasteiger partial charge in [0.05, 0.1) is 5.39 Å². The van der Waals surface area contributed by atoms with Crippen molar-refractivity contribution in [3.63, 3.8) is 0 Å². The van der Waals surface area contributed by atoms with E-state index in [0.29, 0.717) is 5.82 Å². The lowest BCUT2D eigenvalue weighted by atomic mass is 10.1. The molecule has 2 aromatic carbocycles. The maximum atomic E-state index is 8.99. The zero-order valence-electron chi connectivity index (χ0n) is 14.7. The highest BCUT2D eigenvalue weighted by Gasteiger charge is 2.16. The van der Waals surface area contributed by atoms with Crippen LogP contribution in [0.1, 0.15) is 6.42 Å². The standard InChI is InChI=1S/C21H20N4OS/c22-20-19-18(15-6-2-1-3-7-15)13-25(21(19)24-14-23-20)16-8-4-9-17(12-16)27-11-5-10-26/h1-4,6-9,12-14,26H,5,10-11H2,(H2,22,23,24). The van der Waals surface area contributed by atoms with Crippen LogP contribution in [0, 0.1) is 0 Å². The van der Waals surface area contributed by atoms with Crippen molar-refractivity contribution in [2.24, 2.45) is 0 Å². The minimum atomic E-state index is 0.214. The average Bonchev–Trinajstić information content (AvgIpc) is 3.10. The zero-order chi connectivity index (χ0) is 18.6. The third kappa shape index (κ3) is 3.54. The first-order valence-corrected chi connectivity index (χ1v) is 9.77. The molecule has 0 aliphatic heterocycles. The molecule has 0 saturated heterocycles. The van der Waals surface area contributed by atoms with Gasteiger partial charge in [0.15, 0.2) is 5.65 Å². The van der Waals surface area contributed by atoms with Gasteiger partial charge in [0.1, 0.15) is 12.1 Å². The number of aliphatic hydroxyl groups excluding tert-OH is 1. The molecule has 0 unspecified atom stereocenters. The SMILES string of the molecule is Nc1ncnc2c1c(-c1ccccc1)cn2-c1cccc(SCCCO)c1. The molecule has 2 aromatic heterocycles. The lowest BCUT2D eigenvalue weighted by Crippen LogP contribution is -1.97. The zero-order valence-corrected chi connectivity index (χ0v) is 15.6. The van der Waals surface area contributed by atoms with E-state index in [2.05, 4.69) is 51.1 Å². The summed E-state index contributed by atoms with van der Waals surface area (Å²) in [5.41, 5.74) is 10.1. The first-order valence-electron chi connectivity index (χ1n) is 8.79. The van der Waals surface area contributed by atoms with Crippen LogP contribution >= 0.6 is 11.8 Å². The number of rotatable bonds is 6. The Labute approximate surface area is 161 Å². The molecule has 0 spiro atoms. The van der Waals surface area contributed by atoms with E-state index < -0.39 is 0 Å². The molecule has 0 radical (unpaired) electrons. The average molecular weight is 376 g/mol. The highest BCUT2D eigenvalue weighted by atomic mass is 32.2.